The molecule has 1 unspecified atom stereocenters. The van der Waals surface area contributed by atoms with E-state index in [4.69, 9.17) is 0 Å². The molecule has 0 spiro atoms. The maximum absolute atomic E-state index is 3.56. The van der Waals surface area contributed by atoms with Gasteiger partial charge in [0.2, 0.25) is 0 Å². The molecule has 1 aliphatic rings. The second kappa shape index (κ2) is 4.32. The van der Waals surface area contributed by atoms with E-state index < -0.39 is 0 Å². The van der Waals surface area contributed by atoms with E-state index in [0.717, 1.165) is 13.1 Å². The van der Waals surface area contributed by atoms with Crippen LogP contribution in [0.25, 0.3) is 0 Å². The summed E-state index contributed by atoms with van der Waals surface area (Å²) in [5, 5.41) is 6.91. The van der Waals surface area contributed by atoms with Crippen LogP contribution in [0.4, 0.5) is 5.69 Å². The van der Waals surface area contributed by atoms with Gasteiger partial charge >= 0.3 is 0 Å². The van der Waals surface area contributed by atoms with Crippen molar-refractivity contribution in [3.05, 3.63) is 28.2 Å². The summed E-state index contributed by atoms with van der Waals surface area (Å²) in [5.74, 6) is 0. The predicted molar refractivity (Wildman–Crippen MR) is 63.8 cm³/mol. The Morgan fingerprint density at radius 1 is 1.50 bits per heavy atom. The van der Waals surface area contributed by atoms with E-state index >= 15 is 0 Å². The van der Waals surface area contributed by atoms with Crippen molar-refractivity contribution in [2.75, 3.05) is 18.4 Å². The Bertz CT molecular complexity index is 319. The van der Waals surface area contributed by atoms with Crippen LogP contribution in [-0.4, -0.2) is 19.1 Å². The van der Waals surface area contributed by atoms with E-state index in [2.05, 4.69) is 51.7 Å². The number of hydrogen-bond acceptors (Lipinski definition) is 2. The topological polar surface area (TPSA) is 24.1 Å². The van der Waals surface area contributed by atoms with Crippen molar-refractivity contribution in [1.29, 1.82) is 0 Å². The summed E-state index contributed by atoms with van der Waals surface area (Å²) in [6, 6.07) is 6.87. The minimum atomic E-state index is 0.586. The molecule has 0 saturated carbocycles. The van der Waals surface area contributed by atoms with Crippen molar-refractivity contribution in [3.8, 4) is 0 Å². The number of halogens is 1. The van der Waals surface area contributed by atoms with Crippen LogP contribution in [0.1, 0.15) is 12.0 Å². The zero-order valence-corrected chi connectivity index (χ0v) is 9.89. The van der Waals surface area contributed by atoms with Crippen LogP contribution in [0.5, 0.6) is 0 Å². The van der Waals surface area contributed by atoms with Gasteiger partial charge in [-0.1, -0.05) is 22.0 Å². The van der Waals surface area contributed by atoms with Gasteiger partial charge in [0, 0.05) is 22.7 Å². The highest BCUT2D eigenvalue weighted by Crippen LogP contribution is 2.24. The summed E-state index contributed by atoms with van der Waals surface area (Å²) in [6.45, 7) is 4.34. The van der Waals surface area contributed by atoms with Crippen molar-refractivity contribution in [1.82, 2.24) is 5.32 Å². The lowest BCUT2D eigenvalue weighted by Gasteiger charge is -2.15. The highest BCUT2D eigenvalue weighted by Gasteiger charge is 2.14. The fourth-order valence-electron chi connectivity index (χ4n) is 1.76. The first-order valence-corrected chi connectivity index (χ1v) is 5.79. The van der Waals surface area contributed by atoms with Gasteiger partial charge in [-0.15, -0.1) is 0 Å². The minimum Gasteiger partial charge on any atom is -0.381 e. The van der Waals surface area contributed by atoms with Crippen molar-refractivity contribution in [3.63, 3.8) is 0 Å². The van der Waals surface area contributed by atoms with Crippen LogP contribution in [0.2, 0.25) is 0 Å². The molecule has 1 saturated heterocycles. The van der Waals surface area contributed by atoms with E-state index in [1.807, 2.05) is 0 Å². The molecule has 0 aromatic heterocycles. The smallest absolute Gasteiger partial charge is 0.0398 e. The number of rotatable bonds is 2. The predicted octanol–water partition coefficient (Wildman–Crippen LogP) is 2.53. The van der Waals surface area contributed by atoms with Gasteiger partial charge in [-0.3, -0.25) is 0 Å². The van der Waals surface area contributed by atoms with Crippen molar-refractivity contribution in [2.24, 2.45) is 0 Å². The fourth-order valence-corrected chi connectivity index (χ4v) is 2.13. The summed E-state index contributed by atoms with van der Waals surface area (Å²) in [5.41, 5.74) is 2.53. The summed E-state index contributed by atoms with van der Waals surface area (Å²) >= 11 is 3.54. The Kier molecular flexibility index (Phi) is 3.08. The molecule has 14 heavy (non-hydrogen) atoms. The lowest BCUT2D eigenvalue weighted by molar-refractivity contribution is 0.792. The molecule has 2 rings (SSSR count). The van der Waals surface area contributed by atoms with Crippen LogP contribution in [-0.2, 0) is 0 Å². The molecular weight excluding hydrogens is 240 g/mol. The minimum absolute atomic E-state index is 0.586. The SMILES string of the molecule is Cc1c(Br)cccc1NC1CCNC1. The maximum atomic E-state index is 3.56. The number of benzene rings is 1. The summed E-state index contributed by atoms with van der Waals surface area (Å²) < 4.78 is 1.17. The second-order valence-electron chi connectivity index (χ2n) is 3.75. The molecular formula is C11H15BrN2. The van der Waals surface area contributed by atoms with Crippen LogP contribution in [0.3, 0.4) is 0 Å². The molecule has 0 aliphatic carbocycles. The number of hydrogen-bond donors (Lipinski definition) is 2. The average Bonchev–Trinajstić information content (AvgIpc) is 2.66. The van der Waals surface area contributed by atoms with E-state index in [9.17, 15) is 0 Å². The zero-order chi connectivity index (χ0) is 9.97. The Morgan fingerprint density at radius 2 is 2.36 bits per heavy atom. The summed E-state index contributed by atoms with van der Waals surface area (Å²) in [7, 11) is 0. The van der Waals surface area contributed by atoms with Crippen LogP contribution >= 0.6 is 15.9 Å². The lowest BCUT2D eigenvalue weighted by atomic mass is 10.1. The number of nitrogens with one attached hydrogen (secondary N) is 2. The first-order valence-electron chi connectivity index (χ1n) is 5.00. The molecule has 76 valence electrons. The molecule has 1 aromatic carbocycles. The third-order valence-corrected chi connectivity index (χ3v) is 3.55. The van der Waals surface area contributed by atoms with E-state index in [-0.39, 0.29) is 0 Å². The van der Waals surface area contributed by atoms with E-state index in [1.54, 1.807) is 0 Å². The lowest BCUT2D eigenvalue weighted by Crippen LogP contribution is -2.22. The van der Waals surface area contributed by atoms with Gasteiger partial charge in [0.05, 0.1) is 0 Å². The number of anilines is 1. The van der Waals surface area contributed by atoms with Gasteiger partial charge < -0.3 is 10.6 Å². The molecule has 1 aromatic rings. The van der Waals surface area contributed by atoms with Crippen LogP contribution in [0.15, 0.2) is 22.7 Å². The Morgan fingerprint density at radius 3 is 3.07 bits per heavy atom. The zero-order valence-electron chi connectivity index (χ0n) is 8.31. The normalized spacial score (nSPS) is 21.1. The Balaban J connectivity index is 2.11. The molecule has 1 heterocycles. The van der Waals surface area contributed by atoms with E-state index in [1.165, 1.54) is 22.1 Å². The highest BCUT2D eigenvalue weighted by molar-refractivity contribution is 9.10. The van der Waals surface area contributed by atoms with E-state index in [0.29, 0.717) is 6.04 Å². The summed E-state index contributed by atoms with van der Waals surface area (Å²) in [4.78, 5) is 0. The van der Waals surface area contributed by atoms with Gasteiger partial charge in [0.15, 0.2) is 0 Å². The van der Waals surface area contributed by atoms with Crippen molar-refractivity contribution >= 4 is 21.6 Å². The first-order chi connectivity index (χ1) is 6.77. The molecule has 3 heteroatoms. The fraction of sp³-hybridized carbons (Fsp3) is 0.455. The average molecular weight is 255 g/mol. The second-order valence-corrected chi connectivity index (χ2v) is 4.60. The molecule has 1 atom stereocenters. The molecule has 0 bridgehead atoms. The summed E-state index contributed by atoms with van der Waals surface area (Å²) in [6.07, 6.45) is 1.21. The largest absolute Gasteiger partial charge is 0.381 e. The third-order valence-electron chi connectivity index (χ3n) is 2.69. The first kappa shape index (κ1) is 9.99. The molecule has 0 radical (unpaired) electrons. The maximum Gasteiger partial charge on any atom is 0.0398 e. The van der Waals surface area contributed by atoms with Gasteiger partial charge in [-0.2, -0.15) is 0 Å². The quantitative estimate of drug-likeness (QED) is 0.848. The Labute approximate surface area is 93.2 Å². The van der Waals surface area contributed by atoms with Gasteiger partial charge in [-0.05, 0) is 37.6 Å². The molecule has 1 fully saturated rings. The van der Waals surface area contributed by atoms with Crippen molar-refractivity contribution in [2.45, 2.75) is 19.4 Å². The van der Waals surface area contributed by atoms with Gasteiger partial charge in [0.25, 0.3) is 0 Å². The van der Waals surface area contributed by atoms with Crippen molar-refractivity contribution < 1.29 is 0 Å². The highest BCUT2D eigenvalue weighted by atomic mass is 79.9. The van der Waals surface area contributed by atoms with Crippen LogP contribution in [0, 0.1) is 6.92 Å². The Hall–Kier alpha value is -0.540. The molecule has 2 nitrogen and oxygen atoms in total. The van der Waals surface area contributed by atoms with Crippen LogP contribution < -0.4 is 10.6 Å². The van der Waals surface area contributed by atoms with Gasteiger partial charge in [0.1, 0.15) is 0 Å². The molecule has 1 aliphatic heterocycles. The van der Waals surface area contributed by atoms with Gasteiger partial charge in [-0.25, -0.2) is 0 Å². The third kappa shape index (κ3) is 2.10. The standard InChI is InChI=1S/C11H15BrN2/c1-8-10(12)3-2-4-11(8)14-9-5-6-13-7-9/h2-4,9,13-14H,5-7H2,1H3. The monoisotopic (exact) mass is 254 g/mol. The molecule has 2 N–H and O–H groups in total. The molecule has 0 amide bonds.